The molecule has 0 aromatic carbocycles. The van der Waals surface area contributed by atoms with Gasteiger partial charge in [0.1, 0.15) is 0 Å². The van der Waals surface area contributed by atoms with Gasteiger partial charge < -0.3 is 5.73 Å². The molecule has 1 aromatic heterocycles. The summed E-state index contributed by atoms with van der Waals surface area (Å²) in [6.07, 6.45) is 1.08. The lowest BCUT2D eigenvalue weighted by molar-refractivity contribution is 0.518. The van der Waals surface area contributed by atoms with E-state index in [-0.39, 0.29) is 5.41 Å². The summed E-state index contributed by atoms with van der Waals surface area (Å²) < 4.78 is 0. The maximum atomic E-state index is 5.78. The molecule has 0 aliphatic rings. The Morgan fingerprint density at radius 1 is 1.40 bits per heavy atom. The number of hydrogen-bond donors (Lipinski definition) is 1. The highest BCUT2D eigenvalue weighted by Gasteiger charge is 2.24. The van der Waals surface area contributed by atoms with Crippen LogP contribution < -0.4 is 5.73 Å². The third kappa shape index (κ3) is 3.02. The molecule has 0 saturated heterocycles. The fourth-order valence-corrected chi connectivity index (χ4v) is 2.94. The molecule has 1 heterocycles. The normalized spacial score (nSPS) is 12.5. The first kappa shape index (κ1) is 12.7. The van der Waals surface area contributed by atoms with E-state index in [2.05, 4.69) is 34.6 Å². The van der Waals surface area contributed by atoms with Gasteiger partial charge in [0.2, 0.25) is 0 Å². The molecule has 2 N–H and O–H groups in total. The predicted octanol–water partition coefficient (Wildman–Crippen LogP) is 2.89. The van der Waals surface area contributed by atoms with E-state index in [1.54, 1.807) is 0 Å². The predicted molar refractivity (Wildman–Crippen MR) is 67.5 cm³/mol. The standard InChI is InChI=1S/C12H22N2S/c1-8(2)6-10-14-11(9(3)15-10)12(4,5)7-13/h8H,6-7,13H2,1-5H3. The monoisotopic (exact) mass is 226 g/mol. The van der Waals surface area contributed by atoms with Crippen molar-refractivity contribution in [2.24, 2.45) is 11.7 Å². The van der Waals surface area contributed by atoms with Gasteiger partial charge in [-0.1, -0.05) is 27.7 Å². The number of aryl methyl sites for hydroxylation is 1. The fraction of sp³-hybridized carbons (Fsp3) is 0.750. The summed E-state index contributed by atoms with van der Waals surface area (Å²) in [4.78, 5) is 6.05. The first-order chi connectivity index (χ1) is 6.86. The lowest BCUT2D eigenvalue weighted by atomic mass is 9.89. The Kier molecular flexibility index (Phi) is 3.90. The first-order valence-electron chi connectivity index (χ1n) is 5.53. The molecule has 15 heavy (non-hydrogen) atoms. The molecule has 0 amide bonds. The highest BCUT2D eigenvalue weighted by Crippen LogP contribution is 2.29. The van der Waals surface area contributed by atoms with Gasteiger partial charge in [-0.2, -0.15) is 0 Å². The second kappa shape index (κ2) is 4.62. The van der Waals surface area contributed by atoms with E-state index in [1.807, 2.05) is 11.3 Å². The van der Waals surface area contributed by atoms with Crippen LogP contribution in [0.1, 0.15) is 43.3 Å². The molecule has 0 aliphatic carbocycles. The molecule has 0 fully saturated rings. The minimum absolute atomic E-state index is 0.00973. The maximum absolute atomic E-state index is 5.78. The van der Waals surface area contributed by atoms with Crippen molar-refractivity contribution in [2.75, 3.05) is 6.54 Å². The Labute approximate surface area is 96.9 Å². The number of nitrogens with zero attached hydrogens (tertiary/aromatic N) is 1. The maximum Gasteiger partial charge on any atom is 0.0933 e. The Balaban J connectivity index is 2.96. The molecule has 2 nitrogen and oxygen atoms in total. The summed E-state index contributed by atoms with van der Waals surface area (Å²) in [6.45, 7) is 11.6. The summed E-state index contributed by atoms with van der Waals surface area (Å²) in [5.41, 5.74) is 6.98. The number of thiazole rings is 1. The van der Waals surface area contributed by atoms with Gasteiger partial charge in [-0.3, -0.25) is 0 Å². The van der Waals surface area contributed by atoms with Crippen LogP contribution in [0.3, 0.4) is 0 Å². The smallest absolute Gasteiger partial charge is 0.0933 e. The molecule has 1 aromatic rings. The van der Waals surface area contributed by atoms with Gasteiger partial charge in [-0.05, 0) is 12.8 Å². The lowest BCUT2D eigenvalue weighted by Gasteiger charge is -2.20. The Hall–Kier alpha value is -0.410. The van der Waals surface area contributed by atoms with Crippen LogP contribution in [0.25, 0.3) is 0 Å². The van der Waals surface area contributed by atoms with Gasteiger partial charge in [-0.15, -0.1) is 11.3 Å². The van der Waals surface area contributed by atoms with Crippen molar-refractivity contribution in [1.29, 1.82) is 0 Å². The zero-order valence-electron chi connectivity index (χ0n) is 10.4. The molecule has 0 saturated carbocycles. The summed E-state index contributed by atoms with van der Waals surface area (Å²) in [7, 11) is 0. The highest BCUT2D eigenvalue weighted by molar-refractivity contribution is 7.11. The van der Waals surface area contributed by atoms with E-state index < -0.39 is 0 Å². The minimum Gasteiger partial charge on any atom is -0.330 e. The third-order valence-electron chi connectivity index (χ3n) is 2.58. The molecule has 0 radical (unpaired) electrons. The van der Waals surface area contributed by atoms with Crippen LogP contribution in [-0.2, 0) is 11.8 Å². The van der Waals surface area contributed by atoms with Crippen molar-refractivity contribution >= 4 is 11.3 Å². The number of aromatic nitrogens is 1. The molecule has 86 valence electrons. The molecular weight excluding hydrogens is 204 g/mol. The van der Waals surface area contributed by atoms with E-state index in [0.717, 1.165) is 6.42 Å². The molecule has 0 bridgehead atoms. The molecule has 0 aliphatic heterocycles. The summed E-state index contributed by atoms with van der Waals surface area (Å²) in [5, 5.41) is 1.25. The summed E-state index contributed by atoms with van der Waals surface area (Å²) in [5.74, 6) is 0.671. The Bertz CT molecular complexity index is 326. The van der Waals surface area contributed by atoms with Crippen LogP contribution in [0.15, 0.2) is 0 Å². The van der Waals surface area contributed by atoms with E-state index in [1.165, 1.54) is 15.6 Å². The van der Waals surface area contributed by atoms with Gasteiger partial charge in [0.05, 0.1) is 10.7 Å². The zero-order valence-corrected chi connectivity index (χ0v) is 11.2. The minimum atomic E-state index is 0.00973. The second-order valence-corrected chi connectivity index (χ2v) is 6.49. The summed E-state index contributed by atoms with van der Waals surface area (Å²) >= 11 is 1.82. The van der Waals surface area contributed by atoms with Gasteiger partial charge in [0.15, 0.2) is 0 Å². The topological polar surface area (TPSA) is 38.9 Å². The quantitative estimate of drug-likeness (QED) is 0.857. The van der Waals surface area contributed by atoms with E-state index >= 15 is 0 Å². The molecule has 0 unspecified atom stereocenters. The zero-order chi connectivity index (χ0) is 11.6. The van der Waals surface area contributed by atoms with Crippen LogP contribution in [0.4, 0.5) is 0 Å². The fourth-order valence-electron chi connectivity index (χ4n) is 1.61. The molecular formula is C12H22N2S. The largest absolute Gasteiger partial charge is 0.330 e. The van der Waals surface area contributed by atoms with Crippen molar-refractivity contribution in [2.45, 2.75) is 46.5 Å². The number of rotatable bonds is 4. The van der Waals surface area contributed by atoms with Gasteiger partial charge in [0, 0.05) is 23.3 Å². The van der Waals surface area contributed by atoms with E-state index in [9.17, 15) is 0 Å². The molecule has 1 rings (SSSR count). The first-order valence-corrected chi connectivity index (χ1v) is 6.35. The van der Waals surface area contributed by atoms with Crippen LogP contribution in [0.5, 0.6) is 0 Å². The highest BCUT2D eigenvalue weighted by atomic mass is 32.1. The van der Waals surface area contributed by atoms with Gasteiger partial charge in [-0.25, -0.2) is 4.98 Å². The Morgan fingerprint density at radius 3 is 2.47 bits per heavy atom. The van der Waals surface area contributed by atoms with Crippen molar-refractivity contribution in [1.82, 2.24) is 4.98 Å². The van der Waals surface area contributed by atoms with Gasteiger partial charge in [0.25, 0.3) is 0 Å². The van der Waals surface area contributed by atoms with Crippen molar-refractivity contribution in [3.05, 3.63) is 15.6 Å². The van der Waals surface area contributed by atoms with Crippen LogP contribution in [-0.4, -0.2) is 11.5 Å². The molecule has 3 heteroatoms. The van der Waals surface area contributed by atoms with Gasteiger partial charge >= 0.3 is 0 Å². The van der Waals surface area contributed by atoms with E-state index in [0.29, 0.717) is 12.5 Å². The van der Waals surface area contributed by atoms with Crippen LogP contribution in [0.2, 0.25) is 0 Å². The van der Waals surface area contributed by atoms with Crippen molar-refractivity contribution in [3.63, 3.8) is 0 Å². The Morgan fingerprint density at radius 2 is 2.00 bits per heavy atom. The SMILES string of the molecule is Cc1sc(CC(C)C)nc1C(C)(C)CN. The van der Waals surface area contributed by atoms with Crippen molar-refractivity contribution in [3.8, 4) is 0 Å². The number of nitrogens with two attached hydrogens (primary N) is 1. The molecule has 0 atom stereocenters. The average Bonchev–Trinajstić information content (AvgIpc) is 2.46. The third-order valence-corrected chi connectivity index (χ3v) is 3.57. The van der Waals surface area contributed by atoms with Crippen molar-refractivity contribution < 1.29 is 0 Å². The number of hydrogen-bond acceptors (Lipinski definition) is 3. The average molecular weight is 226 g/mol. The second-order valence-electron chi connectivity index (χ2n) is 5.20. The summed E-state index contributed by atoms with van der Waals surface area (Å²) in [6, 6.07) is 0. The lowest BCUT2D eigenvalue weighted by Crippen LogP contribution is -2.29. The molecule has 0 spiro atoms. The van der Waals surface area contributed by atoms with E-state index in [4.69, 9.17) is 10.7 Å². The van der Waals surface area contributed by atoms with Crippen LogP contribution in [0, 0.1) is 12.8 Å². The van der Waals surface area contributed by atoms with Crippen LogP contribution >= 0.6 is 11.3 Å².